The second kappa shape index (κ2) is 9.39. The zero-order valence-corrected chi connectivity index (χ0v) is 17.3. The van der Waals surface area contributed by atoms with Crippen LogP contribution in [0.4, 0.5) is 0 Å². The second-order valence-corrected chi connectivity index (χ2v) is 8.12. The summed E-state index contributed by atoms with van der Waals surface area (Å²) in [6, 6.07) is 15.3. The van der Waals surface area contributed by atoms with E-state index in [9.17, 15) is 4.79 Å². The van der Waals surface area contributed by atoms with Gasteiger partial charge in [-0.15, -0.1) is 11.3 Å². The lowest BCUT2D eigenvalue weighted by Crippen LogP contribution is -2.31. The lowest BCUT2D eigenvalue weighted by Gasteiger charge is -2.09. The molecule has 1 fully saturated rings. The molecule has 7 heteroatoms. The second-order valence-electron chi connectivity index (χ2n) is 6.83. The van der Waals surface area contributed by atoms with Gasteiger partial charge in [0.05, 0.1) is 6.10 Å². The highest BCUT2D eigenvalue weighted by atomic mass is 35.5. The Labute approximate surface area is 178 Å². The number of aromatic nitrogens is 1. The van der Waals surface area contributed by atoms with Gasteiger partial charge in [0.2, 0.25) is 0 Å². The Morgan fingerprint density at radius 1 is 1.28 bits per heavy atom. The van der Waals surface area contributed by atoms with Gasteiger partial charge in [-0.3, -0.25) is 4.79 Å². The summed E-state index contributed by atoms with van der Waals surface area (Å²) in [5, 5.41) is 6.18. The maximum atomic E-state index is 12.3. The van der Waals surface area contributed by atoms with Crippen molar-refractivity contribution in [3.8, 4) is 16.3 Å². The molecular formula is C22H21ClN2O3S. The fourth-order valence-corrected chi connectivity index (χ4v) is 4.12. The van der Waals surface area contributed by atoms with Gasteiger partial charge in [0, 0.05) is 29.1 Å². The quantitative estimate of drug-likeness (QED) is 0.578. The van der Waals surface area contributed by atoms with Crippen molar-refractivity contribution in [3.05, 3.63) is 70.2 Å². The van der Waals surface area contributed by atoms with E-state index in [1.807, 2.05) is 48.5 Å². The average molecular weight is 429 g/mol. The van der Waals surface area contributed by atoms with Crippen molar-refractivity contribution >= 4 is 28.8 Å². The smallest absolute Gasteiger partial charge is 0.270 e. The van der Waals surface area contributed by atoms with E-state index in [2.05, 4.69) is 10.3 Å². The predicted molar refractivity (Wildman–Crippen MR) is 115 cm³/mol. The van der Waals surface area contributed by atoms with E-state index in [-0.39, 0.29) is 12.0 Å². The van der Waals surface area contributed by atoms with E-state index in [1.54, 1.807) is 5.38 Å². The Bertz CT molecular complexity index is 968. The molecule has 3 aromatic rings. The fourth-order valence-electron chi connectivity index (χ4n) is 3.10. The maximum Gasteiger partial charge on any atom is 0.270 e. The van der Waals surface area contributed by atoms with Crippen molar-refractivity contribution in [2.24, 2.45) is 0 Å². The minimum Gasteiger partial charge on any atom is -0.489 e. The van der Waals surface area contributed by atoms with Gasteiger partial charge in [-0.25, -0.2) is 4.98 Å². The van der Waals surface area contributed by atoms with E-state index in [1.165, 1.54) is 11.3 Å². The van der Waals surface area contributed by atoms with Gasteiger partial charge in [-0.05, 0) is 54.8 Å². The average Bonchev–Trinajstić information content (AvgIpc) is 3.43. The molecule has 1 aliphatic heterocycles. The lowest BCUT2D eigenvalue weighted by atomic mass is 10.2. The molecule has 5 nitrogen and oxygen atoms in total. The highest BCUT2D eigenvalue weighted by Gasteiger charge is 2.18. The monoisotopic (exact) mass is 428 g/mol. The van der Waals surface area contributed by atoms with Crippen LogP contribution in [0.3, 0.4) is 0 Å². The number of rotatable bonds is 7. The van der Waals surface area contributed by atoms with E-state index >= 15 is 0 Å². The van der Waals surface area contributed by atoms with Crippen molar-refractivity contribution < 1.29 is 14.3 Å². The SMILES string of the molecule is O=C(NC[C@@H]1CCCO1)c1csc(-c2ccc(OCc3cccc(Cl)c3)cc2)n1. The maximum absolute atomic E-state index is 12.3. The molecule has 0 radical (unpaired) electrons. The molecule has 0 spiro atoms. The lowest BCUT2D eigenvalue weighted by molar-refractivity contribution is 0.0854. The molecule has 2 heterocycles. The Kier molecular flexibility index (Phi) is 6.44. The molecular weight excluding hydrogens is 408 g/mol. The van der Waals surface area contributed by atoms with Crippen molar-refractivity contribution in [3.63, 3.8) is 0 Å². The number of carbonyl (C=O) groups is 1. The van der Waals surface area contributed by atoms with Gasteiger partial charge in [0.15, 0.2) is 0 Å². The standard InChI is InChI=1S/C22H21ClN2O3S/c23-17-4-1-3-15(11-17)13-28-18-8-6-16(7-9-18)22-25-20(14-29-22)21(26)24-12-19-5-2-10-27-19/h1,3-4,6-9,11,14,19H,2,5,10,12-13H2,(H,24,26)/t19-/m0/s1. The summed E-state index contributed by atoms with van der Waals surface area (Å²) in [6.07, 6.45) is 2.17. The summed E-state index contributed by atoms with van der Waals surface area (Å²) in [5.41, 5.74) is 2.40. The summed E-state index contributed by atoms with van der Waals surface area (Å²) < 4.78 is 11.3. The van der Waals surface area contributed by atoms with Crippen LogP contribution in [-0.4, -0.2) is 30.1 Å². The van der Waals surface area contributed by atoms with Crippen LogP contribution in [-0.2, 0) is 11.3 Å². The molecule has 0 aliphatic carbocycles. The van der Waals surface area contributed by atoms with Crippen LogP contribution in [0.25, 0.3) is 10.6 Å². The topological polar surface area (TPSA) is 60.5 Å². The van der Waals surface area contributed by atoms with Gasteiger partial charge >= 0.3 is 0 Å². The molecule has 150 valence electrons. The minimum absolute atomic E-state index is 0.122. The van der Waals surface area contributed by atoms with Crippen molar-refractivity contribution in [2.45, 2.75) is 25.6 Å². The van der Waals surface area contributed by atoms with Crippen molar-refractivity contribution in [2.75, 3.05) is 13.2 Å². The fraction of sp³-hybridized carbons (Fsp3) is 0.273. The van der Waals surface area contributed by atoms with Gasteiger partial charge in [-0.1, -0.05) is 23.7 Å². The van der Waals surface area contributed by atoms with E-state index in [0.29, 0.717) is 23.9 Å². The van der Waals surface area contributed by atoms with Gasteiger partial charge in [-0.2, -0.15) is 0 Å². The van der Waals surface area contributed by atoms with Crippen LogP contribution >= 0.6 is 22.9 Å². The first kappa shape index (κ1) is 19.9. The number of nitrogens with zero attached hydrogens (tertiary/aromatic N) is 1. The van der Waals surface area contributed by atoms with Crippen LogP contribution < -0.4 is 10.1 Å². The van der Waals surface area contributed by atoms with Gasteiger partial charge in [0.1, 0.15) is 23.1 Å². The molecule has 1 aromatic heterocycles. The largest absolute Gasteiger partial charge is 0.489 e. The van der Waals surface area contributed by atoms with Gasteiger partial charge in [0.25, 0.3) is 5.91 Å². The predicted octanol–water partition coefficient (Wildman–Crippen LogP) is 4.95. The third-order valence-electron chi connectivity index (χ3n) is 4.65. The van der Waals surface area contributed by atoms with E-state index in [4.69, 9.17) is 21.1 Å². The van der Waals surface area contributed by atoms with Crippen molar-refractivity contribution in [1.82, 2.24) is 10.3 Å². The first-order valence-electron chi connectivity index (χ1n) is 9.50. The van der Waals surface area contributed by atoms with Crippen LogP contribution in [0.5, 0.6) is 5.75 Å². The number of carbonyl (C=O) groups excluding carboxylic acids is 1. The molecule has 4 rings (SSSR count). The molecule has 1 saturated heterocycles. The number of hydrogen-bond donors (Lipinski definition) is 1. The van der Waals surface area contributed by atoms with Crippen LogP contribution in [0.1, 0.15) is 28.9 Å². The number of ether oxygens (including phenoxy) is 2. The number of hydrogen-bond acceptors (Lipinski definition) is 5. The zero-order chi connectivity index (χ0) is 20.1. The van der Waals surface area contributed by atoms with Crippen LogP contribution in [0.2, 0.25) is 5.02 Å². The Morgan fingerprint density at radius 3 is 2.90 bits per heavy atom. The molecule has 0 saturated carbocycles. The highest BCUT2D eigenvalue weighted by molar-refractivity contribution is 7.13. The molecule has 2 aromatic carbocycles. The third-order valence-corrected chi connectivity index (χ3v) is 5.77. The van der Waals surface area contributed by atoms with Crippen LogP contribution in [0.15, 0.2) is 53.9 Å². The number of amides is 1. The summed E-state index contributed by atoms with van der Waals surface area (Å²) >= 11 is 7.44. The van der Waals surface area contributed by atoms with Gasteiger partial charge < -0.3 is 14.8 Å². The van der Waals surface area contributed by atoms with E-state index in [0.717, 1.165) is 41.3 Å². The zero-order valence-electron chi connectivity index (χ0n) is 15.8. The summed E-state index contributed by atoms with van der Waals surface area (Å²) in [5.74, 6) is 0.601. The number of halogens is 1. The molecule has 1 atom stereocenters. The Balaban J connectivity index is 1.33. The van der Waals surface area contributed by atoms with Crippen molar-refractivity contribution in [1.29, 1.82) is 0 Å². The summed E-state index contributed by atoms with van der Waals surface area (Å²) in [6.45, 7) is 1.76. The highest BCUT2D eigenvalue weighted by Crippen LogP contribution is 2.26. The normalized spacial score (nSPS) is 16.0. The number of thiazole rings is 1. The Morgan fingerprint density at radius 2 is 2.14 bits per heavy atom. The molecule has 0 unspecified atom stereocenters. The first-order chi connectivity index (χ1) is 14.2. The first-order valence-corrected chi connectivity index (χ1v) is 10.8. The number of benzene rings is 2. The van der Waals surface area contributed by atoms with Crippen LogP contribution in [0, 0.1) is 0 Å². The Hall–Kier alpha value is -2.41. The summed E-state index contributed by atoms with van der Waals surface area (Å²) in [7, 11) is 0. The molecule has 1 aliphatic rings. The molecule has 29 heavy (non-hydrogen) atoms. The summed E-state index contributed by atoms with van der Waals surface area (Å²) in [4.78, 5) is 16.8. The minimum atomic E-state index is -0.163. The number of nitrogens with one attached hydrogen (secondary N) is 1. The van der Waals surface area contributed by atoms with E-state index < -0.39 is 0 Å². The molecule has 1 N–H and O–H groups in total. The molecule has 1 amide bonds. The molecule has 0 bridgehead atoms. The third kappa shape index (κ3) is 5.35.